The maximum absolute atomic E-state index is 12.0. The highest BCUT2D eigenvalue weighted by Gasteiger charge is 2.17. The monoisotopic (exact) mass is 502 g/mol. The van der Waals surface area contributed by atoms with Crippen molar-refractivity contribution in [2.75, 3.05) is 26.3 Å². The maximum atomic E-state index is 12.0. The van der Waals surface area contributed by atoms with Crippen LogP contribution in [0.4, 0.5) is 0 Å². The van der Waals surface area contributed by atoms with Crippen LogP contribution < -0.4 is 11.5 Å². The highest BCUT2D eigenvalue weighted by Crippen LogP contribution is 2.06. The second-order valence-electron chi connectivity index (χ2n) is 8.13. The van der Waals surface area contributed by atoms with Crippen LogP contribution in [0.3, 0.4) is 0 Å². The van der Waals surface area contributed by atoms with Gasteiger partial charge in [-0.05, 0) is 46.0 Å². The van der Waals surface area contributed by atoms with Crippen molar-refractivity contribution < 1.29 is 44.5 Å². The van der Waals surface area contributed by atoms with E-state index in [0.717, 1.165) is 0 Å². The number of nitrogens with zero attached hydrogens (tertiary/aromatic N) is 2. The van der Waals surface area contributed by atoms with E-state index in [2.05, 4.69) is 0 Å². The molecule has 13 heteroatoms. The van der Waals surface area contributed by atoms with Gasteiger partial charge in [0, 0.05) is 38.3 Å². The lowest BCUT2D eigenvalue weighted by Crippen LogP contribution is -2.34. The van der Waals surface area contributed by atoms with Crippen LogP contribution in [0.15, 0.2) is 23.3 Å². The van der Waals surface area contributed by atoms with Gasteiger partial charge in [-0.3, -0.25) is 29.6 Å². The summed E-state index contributed by atoms with van der Waals surface area (Å²) in [4.78, 5) is 46.4. The number of ether oxygens (including phenoxy) is 1. The fourth-order valence-corrected chi connectivity index (χ4v) is 2.69. The Hall–Kier alpha value is -2.84. The molecule has 2 atom stereocenters. The Kier molecular flexibility index (Phi) is 16.1. The van der Waals surface area contributed by atoms with E-state index in [-0.39, 0.29) is 58.4 Å². The van der Waals surface area contributed by atoms with E-state index < -0.39 is 35.8 Å². The zero-order valence-electron chi connectivity index (χ0n) is 20.3. The lowest BCUT2D eigenvalue weighted by atomic mass is 10.1. The van der Waals surface area contributed by atoms with E-state index in [1.54, 1.807) is 13.8 Å². The Morgan fingerprint density at radius 2 is 1.31 bits per heavy atom. The molecule has 0 radical (unpaired) electrons. The molecule has 0 aliphatic rings. The van der Waals surface area contributed by atoms with Crippen molar-refractivity contribution >= 4 is 23.8 Å². The predicted molar refractivity (Wildman–Crippen MR) is 124 cm³/mol. The van der Waals surface area contributed by atoms with Gasteiger partial charge in [-0.1, -0.05) is 11.1 Å². The predicted octanol–water partition coefficient (Wildman–Crippen LogP) is -0.0701. The molecule has 0 heterocycles. The van der Waals surface area contributed by atoms with Crippen molar-refractivity contribution in [2.45, 2.75) is 64.5 Å². The second kappa shape index (κ2) is 17.6. The van der Waals surface area contributed by atoms with Crippen molar-refractivity contribution in [2.24, 2.45) is 11.5 Å². The number of nitrogens with two attached hydrogens (primary N) is 2. The zero-order chi connectivity index (χ0) is 27.0. The van der Waals surface area contributed by atoms with Crippen LogP contribution >= 0.6 is 0 Å². The number of hydroxylamine groups is 4. The van der Waals surface area contributed by atoms with Crippen LogP contribution in [0.2, 0.25) is 0 Å². The first-order valence-electron chi connectivity index (χ1n) is 11.3. The first-order valence-corrected chi connectivity index (χ1v) is 11.3. The Morgan fingerprint density at radius 1 is 0.857 bits per heavy atom. The van der Waals surface area contributed by atoms with Gasteiger partial charge in [0.1, 0.15) is 12.1 Å². The molecule has 0 rings (SSSR count). The number of carbonyl (C=O) groups excluding carboxylic acids is 3. The molecular formula is C22H38N4O9. The van der Waals surface area contributed by atoms with E-state index >= 15 is 0 Å². The largest absolute Gasteiger partial charge is 0.480 e. The molecule has 0 saturated carbocycles. The Balaban J connectivity index is 4.26. The number of carbonyl (C=O) groups is 4. The number of aliphatic hydroxyl groups is 1. The number of esters is 1. The average molecular weight is 503 g/mol. The molecule has 0 aromatic rings. The molecule has 0 aliphatic carbocycles. The van der Waals surface area contributed by atoms with Gasteiger partial charge >= 0.3 is 11.9 Å². The third kappa shape index (κ3) is 14.9. The van der Waals surface area contributed by atoms with Crippen LogP contribution in [0.5, 0.6) is 0 Å². The molecule has 0 aromatic carbocycles. The van der Waals surface area contributed by atoms with Gasteiger partial charge in [-0.15, -0.1) is 0 Å². The standard InChI is InChI=1S/C22H38N4O9/c1-15(7-11-27)13-19(28)26(34)10-4-6-18(24)22(32)35-12-8-16(2)14-20(29)25(33)9-3-5-17(23)21(30)31/h13-14,17-18,27,33-34H,3-12,23-24H2,1-2H3,(H,30,31)/b15-13-,16-14-/t17-,18-/m0/s1. The van der Waals surface area contributed by atoms with Gasteiger partial charge in [0.05, 0.1) is 6.61 Å². The smallest absolute Gasteiger partial charge is 0.322 e. The second-order valence-corrected chi connectivity index (χ2v) is 8.13. The van der Waals surface area contributed by atoms with Crippen molar-refractivity contribution in [1.82, 2.24) is 10.1 Å². The van der Waals surface area contributed by atoms with Crippen LogP contribution in [0.1, 0.15) is 52.4 Å². The lowest BCUT2D eigenvalue weighted by Gasteiger charge is -2.16. The molecule has 0 spiro atoms. The minimum Gasteiger partial charge on any atom is -0.480 e. The Labute approximate surface area is 204 Å². The summed E-state index contributed by atoms with van der Waals surface area (Å²) in [5.74, 6) is -3.15. The highest BCUT2D eigenvalue weighted by atomic mass is 16.5. The molecule has 35 heavy (non-hydrogen) atoms. The summed E-state index contributed by atoms with van der Waals surface area (Å²) in [6.07, 6.45) is 3.67. The average Bonchev–Trinajstić information content (AvgIpc) is 2.78. The van der Waals surface area contributed by atoms with E-state index in [1.807, 2.05) is 0 Å². The van der Waals surface area contributed by atoms with E-state index in [9.17, 15) is 29.6 Å². The van der Waals surface area contributed by atoms with Gasteiger partial charge in [0.2, 0.25) is 0 Å². The lowest BCUT2D eigenvalue weighted by molar-refractivity contribution is -0.160. The molecule has 0 fully saturated rings. The first-order chi connectivity index (χ1) is 16.4. The van der Waals surface area contributed by atoms with Gasteiger partial charge < -0.3 is 26.4 Å². The third-order valence-electron chi connectivity index (χ3n) is 4.89. The number of aliphatic hydroxyl groups excluding tert-OH is 1. The zero-order valence-corrected chi connectivity index (χ0v) is 20.3. The molecule has 13 nitrogen and oxygen atoms in total. The first kappa shape index (κ1) is 32.2. The molecule has 0 bridgehead atoms. The quantitative estimate of drug-likeness (QED) is 0.0669. The number of hydrogen-bond donors (Lipinski definition) is 6. The molecule has 0 aromatic heterocycles. The summed E-state index contributed by atoms with van der Waals surface area (Å²) >= 11 is 0. The van der Waals surface area contributed by atoms with E-state index in [0.29, 0.717) is 27.7 Å². The Bertz CT molecular complexity index is 770. The van der Waals surface area contributed by atoms with Gasteiger partial charge in [0.25, 0.3) is 11.8 Å². The number of aliphatic carboxylic acids is 1. The summed E-state index contributed by atoms with van der Waals surface area (Å²) in [5.41, 5.74) is 12.3. The molecular weight excluding hydrogens is 464 g/mol. The summed E-state index contributed by atoms with van der Waals surface area (Å²) in [7, 11) is 0. The summed E-state index contributed by atoms with van der Waals surface area (Å²) < 4.78 is 5.08. The Morgan fingerprint density at radius 3 is 1.77 bits per heavy atom. The summed E-state index contributed by atoms with van der Waals surface area (Å²) in [6, 6.07) is -2.02. The molecule has 0 unspecified atom stereocenters. The maximum Gasteiger partial charge on any atom is 0.322 e. The topological polar surface area (TPSA) is 217 Å². The summed E-state index contributed by atoms with van der Waals surface area (Å²) in [6.45, 7) is 3.01. The number of amides is 2. The van der Waals surface area contributed by atoms with Crippen LogP contribution in [-0.2, 0) is 23.9 Å². The fraction of sp³-hybridized carbons (Fsp3) is 0.636. The molecule has 0 aliphatic heterocycles. The SMILES string of the molecule is C/C(=C/C(=O)N(O)CCC[C@H](N)C(=O)OCC/C(C)=C\C(=O)N(O)CCC[C@H](N)C(=O)O)CCO. The normalized spacial score (nSPS) is 13.7. The van der Waals surface area contributed by atoms with Crippen LogP contribution in [0, 0.1) is 0 Å². The fourth-order valence-electron chi connectivity index (χ4n) is 2.69. The number of carboxylic acid groups (broad SMARTS) is 1. The number of rotatable bonds is 17. The number of hydrogen-bond acceptors (Lipinski definition) is 10. The summed E-state index contributed by atoms with van der Waals surface area (Å²) in [5, 5.41) is 37.9. The van der Waals surface area contributed by atoms with Crippen LogP contribution in [0.25, 0.3) is 0 Å². The molecule has 200 valence electrons. The van der Waals surface area contributed by atoms with Crippen molar-refractivity contribution in [1.29, 1.82) is 0 Å². The minimum atomic E-state index is -1.16. The molecule has 2 amide bonds. The third-order valence-corrected chi connectivity index (χ3v) is 4.89. The number of carboxylic acids is 1. The minimum absolute atomic E-state index is 0.0351. The molecule has 0 saturated heterocycles. The van der Waals surface area contributed by atoms with Gasteiger partial charge in [-0.25, -0.2) is 10.1 Å². The van der Waals surface area contributed by atoms with Crippen molar-refractivity contribution in [3.63, 3.8) is 0 Å². The molecule has 8 N–H and O–H groups in total. The van der Waals surface area contributed by atoms with Crippen molar-refractivity contribution in [3.05, 3.63) is 23.3 Å². The van der Waals surface area contributed by atoms with E-state index in [1.165, 1.54) is 12.2 Å². The van der Waals surface area contributed by atoms with E-state index in [4.69, 9.17) is 26.4 Å². The highest BCUT2D eigenvalue weighted by molar-refractivity contribution is 5.87. The van der Waals surface area contributed by atoms with Gasteiger partial charge in [0.15, 0.2) is 0 Å². The van der Waals surface area contributed by atoms with Gasteiger partial charge in [-0.2, -0.15) is 0 Å². The van der Waals surface area contributed by atoms with Crippen LogP contribution in [-0.4, -0.2) is 92.9 Å². The van der Waals surface area contributed by atoms with Crippen molar-refractivity contribution in [3.8, 4) is 0 Å².